The molecule has 2 aliphatic rings. The van der Waals surface area contributed by atoms with Crippen LogP contribution in [0.25, 0.3) is 0 Å². The van der Waals surface area contributed by atoms with Gasteiger partial charge >= 0.3 is 0 Å². The smallest absolute Gasteiger partial charge is 0.254 e. The van der Waals surface area contributed by atoms with Crippen molar-refractivity contribution in [3.05, 3.63) is 47.0 Å². The van der Waals surface area contributed by atoms with Crippen molar-refractivity contribution in [1.29, 1.82) is 0 Å². The molecule has 0 bridgehead atoms. The average Bonchev–Trinajstić information content (AvgIpc) is 3.27. The fourth-order valence-electron chi connectivity index (χ4n) is 3.95. The van der Waals surface area contributed by atoms with Gasteiger partial charge in [0.2, 0.25) is 0 Å². The molecule has 1 N–H and O–H groups in total. The van der Waals surface area contributed by atoms with Crippen molar-refractivity contribution in [3.8, 4) is 0 Å². The number of amides is 1. The number of carbonyl (C=O) groups excluding carboxylic acids is 1. The molecule has 0 saturated carbocycles. The standard InChI is InChI=1S/C20H27N5O2/c1-2-27-14-15-5-7-16(8-6-15)20(26)24-12-3-4-17(24)19-23-22-18-9-10-21-11-13-25(18)19/h5-8,17,21H,2-4,9-14H2,1H3. The third-order valence-electron chi connectivity index (χ3n) is 5.38. The summed E-state index contributed by atoms with van der Waals surface area (Å²) in [7, 11) is 0. The summed E-state index contributed by atoms with van der Waals surface area (Å²) in [5.74, 6) is 2.03. The van der Waals surface area contributed by atoms with Gasteiger partial charge in [0.15, 0.2) is 5.82 Å². The molecule has 27 heavy (non-hydrogen) atoms. The molecule has 7 heteroatoms. The molecule has 2 aliphatic heterocycles. The van der Waals surface area contributed by atoms with Crippen LogP contribution < -0.4 is 5.32 Å². The molecule has 1 fully saturated rings. The van der Waals surface area contributed by atoms with Crippen LogP contribution in [0.1, 0.15) is 53.4 Å². The second-order valence-electron chi connectivity index (χ2n) is 7.12. The lowest BCUT2D eigenvalue weighted by molar-refractivity contribution is 0.0727. The number of hydrogen-bond donors (Lipinski definition) is 1. The monoisotopic (exact) mass is 369 g/mol. The summed E-state index contributed by atoms with van der Waals surface area (Å²) in [5, 5.41) is 12.3. The molecule has 0 radical (unpaired) electrons. The van der Waals surface area contributed by atoms with Crippen molar-refractivity contribution in [2.45, 2.75) is 45.4 Å². The minimum absolute atomic E-state index is 0.0138. The minimum Gasteiger partial charge on any atom is -0.377 e. The highest BCUT2D eigenvalue weighted by Gasteiger charge is 2.34. The molecular formula is C20H27N5O2. The lowest BCUT2D eigenvalue weighted by atomic mass is 10.1. The molecule has 1 atom stereocenters. The van der Waals surface area contributed by atoms with Crippen LogP contribution in [-0.2, 0) is 24.3 Å². The van der Waals surface area contributed by atoms with E-state index in [4.69, 9.17) is 4.74 Å². The minimum atomic E-state index is 0.0138. The van der Waals surface area contributed by atoms with Gasteiger partial charge in [0, 0.05) is 44.8 Å². The van der Waals surface area contributed by atoms with Crippen LogP contribution in [0.4, 0.5) is 0 Å². The zero-order valence-corrected chi connectivity index (χ0v) is 15.9. The van der Waals surface area contributed by atoms with Crippen LogP contribution in [0.3, 0.4) is 0 Å². The van der Waals surface area contributed by atoms with Crippen LogP contribution in [0.2, 0.25) is 0 Å². The summed E-state index contributed by atoms with van der Waals surface area (Å²) in [5.41, 5.74) is 1.81. The maximum absolute atomic E-state index is 13.1. The lowest BCUT2D eigenvalue weighted by Gasteiger charge is -2.25. The number of nitrogens with zero attached hydrogens (tertiary/aromatic N) is 4. The third-order valence-corrected chi connectivity index (χ3v) is 5.38. The predicted octanol–water partition coefficient (Wildman–Crippen LogP) is 1.94. The molecule has 0 aliphatic carbocycles. The summed E-state index contributed by atoms with van der Waals surface area (Å²) in [6.45, 7) is 6.73. The van der Waals surface area contributed by atoms with E-state index in [1.807, 2.05) is 36.1 Å². The fraction of sp³-hybridized carbons (Fsp3) is 0.550. The molecule has 4 rings (SSSR count). The maximum Gasteiger partial charge on any atom is 0.254 e. The van der Waals surface area contributed by atoms with E-state index in [1.165, 1.54) is 0 Å². The van der Waals surface area contributed by atoms with Gasteiger partial charge in [0.1, 0.15) is 5.82 Å². The quantitative estimate of drug-likeness (QED) is 0.872. The number of aromatic nitrogens is 3. The van der Waals surface area contributed by atoms with Crippen LogP contribution in [0.5, 0.6) is 0 Å². The molecule has 1 saturated heterocycles. The maximum atomic E-state index is 13.1. The summed E-state index contributed by atoms with van der Waals surface area (Å²) >= 11 is 0. The number of benzene rings is 1. The molecule has 0 spiro atoms. The fourth-order valence-corrected chi connectivity index (χ4v) is 3.95. The Morgan fingerprint density at radius 3 is 2.89 bits per heavy atom. The van der Waals surface area contributed by atoms with E-state index in [0.29, 0.717) is 13.2 Å². The number of likely N-dealkylation sites (tertiary alicyclic amines) is 1. The highest BCUT2D eigenvalue weighted by molar-refractivity contribution is 5.94. The number of rotatable bonds is 5. The van der Waals surface area contributed by atoms with Crippen molar-refractivity contribution in [2.75, 3.05) is 26.2 Å². The van der Waals surface area contributed by atoms with Gasteiger partial charge in [-0.25, -0.2) is 0 Å². The van der Waals surface area contributed by atoms with Crippen molar-refractivity contribution in [1.82, 2.24) is 25.0 Å². The van der Waals surface area contributed by atoms with Crippen molar-refractivity contribution < 1.29 is 9.53 Å². The van der Waals surface area contributed by atoms with E-state index in [-0.39, 0.29) is 11.9 Å². The van der Waals surface area contributed by atoms with E-state index < -0.39 is 0 Å². The van der Waals surface area contributed by atoms with Crippen LogP contribution >= 0.6 is 0 Å². The third kappa shape index (κ3) is 3.75. The highest BCUT2D eigenvalue weighted by Crippen LogP contribution is 2.32. The molecule has 1 aromatic heterocycles. The highest BCUT2D eigenvalue weighted by atomic mass is 16.5. The SMILES string of the molecule is CCOCc1ccc(C(=O)N2CCCC2c2nnc3n2CCNCC3)cc1. The largest absolute Gasteiger partial charge is 0.377 e. The van der Waals surface area contributed by atoms with Gasteiger partial charge in [-0.2, -0.15) is 0 Å². The van der Waals surface area contributed by atoms with E-state index in [1.54, 1.807) is 0 Å². The topological polar surface area (TPSA) is 72.3 Å². The van der Waals surface area contributed by atoms with Crippen molar-refractivity contribution >= 4 is 5.91 Å². The normalized spacial score (nSPS) is 19.7. The van der Waals surface area contributed by atoms with Crippen molar-refractivity contribution in [2.24, 2.45) is 0 Å². The Morgan fingerprint density at radius 1 is 1.22 bits per heavy atom. The van der Waals surface area contributed by atoms with Crippen molar-refractivity contribution in [3.63, 3.8) is 0 Å². The van der Waals surface area contributed by atoms with Crippen LogP contribution in [0, 0.1) is 0 Å². The Labute approximate surface area is 159 Å². The number of ether oxygens (including phenoxy) is 1. The van der Waals surface area contributed by atoms with E-state index in [0.717, 1.165) is 68.2 Å². The van der Waals surface area contributed by atoms with Gasteiger partial charge in [-0.3, -0.25) is 4.79 Å². The van der Waals surface area contributed by atoms with Gasteiger partial charge < -0.3 is 19.5 Å². The Morgan fingerprint density at radius 2 is 2.07 bits per heavy atom. The summed E-state index contributed by atoms with van der Waals surface area (Å²) in [6.07, 6.45) is 2.83. The first-order valence-corrected chi connectivity index (χ1v) is 9.88. The van der Waals surface area contributed by atoms with Gasteiger partial charge in [-0.15, -0.1) is 10.2 Å². The Balaban J connectivity index is 1.53. The lowest BCUT2D eigenvalue weighted by Crippen LogP contribution is -2.32. The second kappa shape index (κ2) is 8.19. The molecule has 3 heterocycles. The molecule has 144 valence electrons. The molecule has 7 nitrogen and oxygen atoms in total. The number of nitrogens with one attached hydrogen (secondary N) is 1. The average molecular weight is 369 g/mol. The molecule has 1 amide bonds. The van der Waals surface area contributed by atoms with Crippen LogP contribution in [-0.4, -0.2) is 51.8 Å². The van der Waals surface area contributed by atoms with E-state index >= 15 is 0 Å². The Bertz CT molecular complexity index is 786. The van der Waals surface area contributed by atoms with Gasteiger partial charge in [-0.1, -0.05) is 12.1 Å². The number of fused-ring (bicyclic) bond motifs is 1. The molecular weight excluding hydrogens is 342 g/mol. The first-order valence-electron chi connectivity index (χ1n) is 9.88. The second-order valence-corrected chi connectivity index (χ2v) is 7.12. The zero-order chi connectivity index (χ0) is 18.6. The van der Waals surface area contributed by atoms with Gasteiger partial charge in [-0.05, 0) is 37.5 Å². The first-order chi connectivity index (χ1) is 13.3. The first kappa shape index (κ1) is 18.1. The van der Waals surface area contributed by atoms with Gasteiger partial charge in [0.05, 0.1) is 12.6 Å². The summed E-state index contributed by atoms with van der Waals surface area (Å²) < 4.78 is 7.64. The summed E-state index contributed by atoms with van der Waals surface area (Å²) in [6, 6.07) is 7.77. The zero-order valence-electron chi connectivity index (χ0n) is 15.9. The Hall–Kier alpha value is -2.25. The van der Waals surface area contributed by atoms with E-state index in [2.05, 4.69) is 20.1 Å². The Kier molecular flexibility index (Phi) is 5.50. The summed E-state index contributed by atoms with van der Waals surface area (Å²) in [4.78, 5) is 15.1. The number of carbonyl (C=O) groups is 1. The molecule has 2 aromatic rings. The molecule has 1 aromatic carbocycles. The van der Waals surface area contributed by atoms with E-state index in [9.17, 15) is 4.79 Å². The van der Waals surface area contributed by atoms with Crippen LogP contribution in [0.15, 0.2) is 24.3 Å². The molecule has 1 unspecified atom stereocenters. The van der Waals surface area contributed by atoms with Gasteiger partial charge in [0.25, 0.3) is 5.91 Å². The predicted molar refractivity (Wildman–Crippen MR) is 101 cm³/mol. The number of hydrogen-bond acceptors (Lipinski definition) is 5.